The number of halogens is 2. The molecule has 2 aromatic rings. The van der Waals surface area contributed by atoms with Gasteiger partial charge in [0.25, 0.3) is 10.0 Å². The van der Waals surface area contributed by atoms with Crippen LogP contribution in [0.15, 0.2) is 50.2 Å². The molecule has 0 radical (unpaired) electrons. The molecule has 1 N–H and O–H groups in total. The molecule has 21 heavy (non-hydrogen) atoms. The van der Waals surface area contributed by atoms with Crippen molar-refractivity contribution in [3.05, 3.63) is 56.5 Å². The molecule has 7 heteroatoms. The van der Waals surface area contributed by atoms with Crippen LogP contribution in [0.5, 0.6) is 0 Å². The molecule has 0 unspecified atom stereocenters. The van der Waals surface area contributed by atoms with Crippen LogP contribution in [0.3, 0.4) is 0 Å². The van der Waals surface area contributed by atoms with E-state index < -0.39 is 10.0 Å². The van der Waals surface area contributed by atoms with Crippen LogP contribution < -0.4 is 4.72 Å². The molecule has 0 aliphatic rings. The maximum absolute atomic E-state index is 12.4. The molecule has 0 fully saturated rings. The van der Waals surface area contributed by atoms with Crippen molar-refractivity contribution < 1.29 is 8.42 Å². The van der Waals surface area contributed by atoms with Crippen molar-refractivity contribution in [1.29, 1.82) is 5.26 Å². The Balaban J connectivity index is 2.47. The summed E-state index contributed by atoms with van der Waals surface area (Å²) in [6.07, 6.45) is 0. The predicted molar refractivity (Wildman–Crippen MR) is 88.5 cm³/mol. The number of nitrogens with one attached hydrogen (secondary N) is 1. The van der Waals surface area contributed by atoms with E-state index >= 15 is 0 Å². The van der Waals surface area contributed by atoms with Crippen LogP contribution >= 0.6 is 31.9 Å². The molecule has 2 aromatic carbocycles. The third kappa shape index (κ3) is 3.64. The van der Waals surface area contributed by atoms with Crippen molar-refractivity contribution in [1.82, 2.24) is 0 Å². The second kappa shape index (κ2) is 6.18. The Bertz CT molecular complexity index is 825. The minimum absolute atomic E-state index is 0.145. The van der Waals surface area contributed by atoms with Gasteiger partial charge >= 0.3 is 0 Å². The molecule has 0 atom stereocenters. The van der Waals surface area contributed by atoms with E-state index in [1.165, 1.54) is 12.1 Å². The molecule has 0 saturated carbocycles. The summed E-state index contributed by atoms with van der Waals surface area (Å²) < 4.78 is 28.4. The summed E-state index contributed by atoms with van der Waals surface area (Å²) in [5.74, 6) is 0. The maximum atomic E-state index is 12.4. The average Bonchev–Trinajstić information content (AvgIpc) is 2.42. The van der Waals surface area contributed by atoms with Gasteiger partial charge in [-0.3, -0.25) is 4.72 Å². The quantitative estimate of drug-likeness (QED) is 0.794. The summed E-state index contributed by atoms with van der Waals surface area (Å²) in [6.45, 7) is 1.88. The number of benzene rings is 2. The van der Waals surface area contributed by atoms with Gasteiger partial charge in [0.05, 0.1) is 16.1 Å². The number of hydrogen-bond acceptors (Lipinski definition) is 3. The highest BCUT2D eigenvalue weighted by atomic mass is 79.9. The molecule has 2 rings (SSSR count). The first-order chi connectivity index (χ1) is 9.83. The lowest BCUT2D eigenvalue weighted by Crippen LogP contribution is -2.14. The van der Waals surface area contributed by atoms with Crippen LogP contribution in [-0.4, -0.2) is 8.42 Å². The fourth-order valence-corrected chi connectivity index (χ4v) is 4.23. The van der Waals surface area contributed by atoms with Crippen molar-refractivity contribution in [2.75, 3.05) is 4.72 Å². The number of sulfonamides is 1. The van der Waals surface area contributed by atoms with E-state index in [1.54, 1.807) is 24.3 Å². The van der Waals surface area contributed by atoms with Crippen molar-refractivity contribution >= 4 is 47.6 Å². The van der Waals surface area contributed by atoms with E-state index in [0.29, 0.717) is 8.95 Å². The maximum Gasteiger partial charge on any atom is 0.261 e. The molecular formula is C14H10Br2N2O2S. The summed E-state index contributed by atoms with van der Waals surface area (Å²) >= 11 is 6.53. The van der Waals surface area contributed by atoms with Gasteiger partial charge in [0, 0.05) is 8.95 Å². The Morgan fingerprint density at radius 1 is 1.14 bits per heavy atom. The molecule has 0 aliphatic carbocycles. The second-order valence-electron chi connectivity index (χ2n) is 4.34. The highest BCUT2D eigenvalue weighted by Crippen LogP contribution is 2.32. The first kappa shape index (κ1) is 16.0. The van der Waals surface area contributed by atoms with Crippen LogP contribution in [0.4, 0.5) is 5.69 Å². The molecule has 0 heterocycles. The Kier molecular flexibility index (Phi) is 4.71. The Labute approximate surface area is 140 Å². The fraction of sp³-hybridized carbons (Fsp3) is 0.0714. The summed E-state index contributed by atoms with van der Waals surface area (Å²) in [6, 6.07) is 11.7. The number of anilines is 1. The van der Waals surface area contributed by atoms with Gasteiger partial charge in [-0.15, -0.1) is 0 Å². The minimum Gasteiger partial charge on any atom is -0.277 e. The van der Waals surface area contributed by atoms with E-state index in [0.717, 1.165) is 5.56 Å². The molecule has 4 nitrogen and oxygen atoms in total. The number of hydrogen-bond donors (Lipinski definition) is 1. The highest BCUT2D eigenvalue weighted by molar-refractivity contribution is 9.11. The average molecular weight is 430 g/mol. The monoisotopic (exact) mass is 428 g/mol. The first-order valence-electron chi connectivity index (χ1n) is 5.82. The highest BCUT2D eigenvalue weighted by Gasteiger charge is 2.18. The molecular weight excluding hydrogens is 420 g/mol. The lowest BCUT2D eigenvalue weighted by molar-refractivity contribution is 0.601. The van der Waals surface area contributed by atoms with E-state index in [1.807, 2.05) is 13.0 Å². The number of nitrogens with zero attached hydrogens (tertiary/aromatic N) is 1. The van der Waals surface area contributed by atoms with Crippen molar-refractivity contribution in [2.24, 2.45) is 0 Å². The number of aryl methyl sites for hydroxylation is 1. The summed E-state index contributed by atoms with van der Waals surface area (Å²) in [5.41, 5.74) is 1.42. The standard InChI is InChI=1S/C14H10Br2N2O2S/c1-9-2-4-12(5-3-9)21(19,20)18-14-10(8-17)6-11(15)7-13(14)16/h2-7,18H,1H3. The Hall–Kier alpha value is -1.36. The van der Waals surface area contributed by atoms with Crippen LogP contribution in [-0.2, 0) is 10.0 Å². The van der Waals surface area contributed by atoms with Gasteiger partial charge in [-0.25, -0.2) is 8.42 Å². The molecule has 0 spiro atoms. The molecule has 0 saturated heterocycles. The number of nitriles is 1. The van der Waals surface area contributed by atoms with Crippen molar-refractivity contribution in [3.8, 4) is 6.07 Å². The zero-order valence-corrected chi connectivity index (χ0v) is 14.9. The van der Waals surface area contributed by atoms with Crippen LogP contribution in [0.1, 0.15) is 11.1 Å². The van der Waals surface area contributed by atoms with Gasteiger partial charge < -0.3 is 0 Å². The Morgan fingerprint density at radius 3 is 2.33 bits per heavy atom. The van der Waals surface area contributed by atoms with Gasteiger partial charge in [0.2, 0.25) is 0 Å². The molecule has 0 bridgehead atoms. The van der Waals surface area contributed by atoms with Crippen LogP contribution in [0.25, 0.3) is 0 Å². The largest absolute Gasteiger partial charge is 0.277 e. The molecule has 0 amide bonds. The number of rotatable bonds is 3. The lowest BCUT2D eigenvalue weighted by atomic mass is 10.2. The predicted octanol–water partition coefficient (Wildman–Crippen LogP) is 4.19. The third-order valence-corrected chi connectivity index (χ3v) is 5.19. The van der Waals surface area contributed by atoms with Gasteiger partial charge in [0.15, 0.2) is 0 Å². The normalized spacial score (nSPS) is 11.0. The van der Waals surface area contributed by atoms with E-state index in [2.05, 4.69) is 36.6 Å². The topological polar surface area (TPSA) is 70.0 Å². The van der Waals surface area contributed by atoms with E-state index in [9.17, 15) is 8.42 Å². The van der Waals surface area contributed by atoms with E-state index in [4.69, 9.17) is 5.26 Å². The smallest absolute Gasteiger partial charge is 0.261 e. The second-order valence-corrected chi connectivity index (χ2v) is 7.79. The minimum atomic E-state index is -3.74. The summed E-state index contributed by atoms with van der Waals surface area (Å²) in [7, 11) is -3.74. The van der Waals surface area contributed by atoms with Gasteiger partial charge in [-0.1, -0.05) is 33.6 Å². The SMILES string of the molecule is Cc1ccc(S(=O)(=O)Nc2c(Br)cc(Br)cc2C#N)cc1. The fourth-order valence-electron chi connectivity index (χ4n) is 1.68. The van der Waals surface area contributed by atoms with Crippen molar-refractivity contribution in [3.63, 3.8) is 0 Å². The zero-order valence-electron chi connectivity index (χ0n) is 10.9. The van der Waals surface area contributed by atoms with Crippen molar-refractivity contribution in [2.45, 2.75) is 11.8 Å². The van der Waals surface area contributed by atoms with Gasteiger partial charge in [0.1, 0.15) is 6.07 Å². The van der Waals surface area contributed by atoms with E-state index in [-0.39, 0.29) is 16.1 Å². The van der Waals surface area contributed by atoms with Crippen LogP contribution in [0.2, 0.25) is 0 Å². The zero-order chi connectivity index (χ0) is 15.6. The third-order valence-electron chi connectivity index (χ3n) is 2.74. The lowest BCUT2D eigenvalue weighted by Gasteiger charge is -2.12. The summed E-state index contributed by atoms with van der Waals surface area (Å²) in [4.78, 5) is 0.145. The Morgan fingerprint density at radius 2 is 1.76 bits per heavy atom. The molecule has 108 valence electrons. The van der Waals surface area contributed by atoms with Crippen LogP contribution in [0, 0.1) is 18.3 Å². The molecule has 0 aromatic heterocycles. The molecule has 0 aliphatic heterocycles. The summed E-state index contributed by atoms with van der Waals surface area (Å²) in [5, 5.41) is 9.14. The van der Waals surface area contributed by atoms with Gasteiger partial charge in [-0.2, -0.15) is 5.26 Å². The van der Waals surface area contributed by atoms with Gasteiger partial charge in [-0.05, 0) is 47.1 Å². The first-order valence-corrected chi connectivity index (χ1v) is 8.89.